The molecule has 1 aromatic heterocycles. The number of amides is 2. The third-order valence-corrected chi connectivity index (χ3v) is 4.31. The molecular weight excluding hydrogens is 328 g/mol. The molecule has 0 saturated carbocycles. The number of nitrogens with zero attached hydrogens (tertiary/aromatic N) is 4. The standard InChI is InChI=1S/C17H17ClN4O2/c1-11-7-20-14(8-19-11)17(24)21-10-16(23)22(9-12(21)2)15-6-4-3-5-13(15)18/h3-8,12H,9-10H2,1-2H3/t12-/m0/s1. The van der Waals surface area contributed by atoms with Gasteiger partial charge in [-0.1, -0.05) is 23.7 Å². The first kappa shape index (κ1) is 16.4. The number of hydrogen-bond donors (Lipinski definition) is 0. The fraction of sp³-hybridized carbons (Fsp3) is 0.294. The largest absolute Gasteiger partial charge is 0.323 e. The Morgan fingerprint density at radius 1 is 1.25 bits per heavy atom. The highest BCUT2D eigenvalue weighted by atomic mass is 35.5. The summed E-state index contributed by atoms with van der Waals surface area (Å²) in [7, 11) is 0. The first-order valence-electron chi connectivity index (χ1n) is 7.62. The third-order valence-electron chi connectivity index (χ3n) is 3.99. The second kappa shape index (κ2) is 6.57. The molecule has 0 N–H and O–H groups in total. The molecule has 124 valence electrons. The van der Waals surface area contributed by atoms with E-state index in [1.54, 1.807) is 30.2 Å². The first-order valence-corrected chi connectivity index (χ1v) is 7.99. The summed E-state index contributed by atoms with van der Waals surface area (Å²) < 4.78 is 0. The number of carbonyl (C=O) groups is 2. The molecule has 1 aromatic carbocycles. The van der Waals surface area contributed by atoms with Gasteiger partial charge in [-0.2, -0.15) is 0 Å². The lowest BCUT2D eigenvalue weighted by molar-refractivity contribution is -0.121. The van der Waals surface area contributed by atoms with Crippen LogP contribution >= 0.6 is 11.6 Å². The van der Waals surface area contributed by atoms with Gasteiger partial charge in [0, 0.05) is 18.8 Å². The number of rotatable bonds is 2. The van der Waals surface area contributed by atoms with Gasteiger partial charge in [-0.3, -0.25) is 14.6 Å². The van der Waals surface area contributed by atoms with Crippen molar-refractivity contribution in [1.29, 1.82) is 0 Å². The average molecular weight is 345 g/mol. The minimum atomic E-state index is -0.290. The van der Waals surface area contributed by atoms with Gasteiger partial charge in [-0.05, 0) is 26.0 Å². The molecular formula is C17H17ClN4O2. The van der Waals surface area contributed by atoms with Gasteiger partial charge in [0.05, 0.1) is 22.6 Å². The highest BCUT2D eigenvalue weighted by molar-refractivity contribution is 6.33. The van der Waals surface area contributed by atoms with Crippen molar-refractivity contribution in [2.75, 3.05) is 18.0 Å². The molecule has 7 heteroatoms. The molecule has 3 rings (SSSR count). The lowest BCUT2D eigenvalue weighted by Crippen LogP contribution is -2.57. The Labute approximate surface area is 145 Å². The van der Waals surface area contributed by atoms with E-state index in [0.717, 1.165) is 5.69 Å². The van der Waals surface area contributed by atoms with Crippen LogP contribution in [0.1, 0.15) is 23.1 Å². The minimum Gasteiger partial charge on any atom is -0.323 e. The van der Waals surface area contributed by atoms with Crippen LogP contribution in [0.3, 0.4) is 0 Å². The fourth-order valence-corrected chi connectivity index (χ4v) is 2.91. The lowest BCUT2D eigenvalue weighted by Gasteiger charge is -2.39. The average Bonchev–Trinajstić information content (AvgIpc) is 2.57. The molecule has 2 amide bonds. The Morgan fingerprint density at radius 3 is 2.67 bits per heavy atom. The Bertz CT molecular complexity index is 778. The maximum atomic E-state index is 12.6. The highest BCUT2D eigenvalue weighted by Crippen LogP contribution is 2.28. The van der Waals surface area contributed by atoms with Crippen molar-refractivity contribution in [2.45, 2.75) is 19.9 Å². The van der Waals surface area contributed by atoms with E-state index in [1.807, 2.05) is 19.1 Å². The number of piperazine rings is 1. The second-order valence-corrected chi connectivity index (χ2v) is 6.19. The van der Waals surface area contributed by atoms with Crippen LogP contribution in [0.5, 0.6) is 0 Å². The smallest absolute Gasteiger partial charge is 0.274 e. The van der Waals surface area contributed by atoms with Crippen LogP contribution in [0.2, 0.25) is 5.02 Å². The van der Waals surface area contributed by atoms with Gasteiger partial charge in [0.2, 0.25) is 5.91 Å². The van der Waals surface area contributed by atoms with Gasteiger partial charge in [-0.15, -0.1) is 0 Å². The molecule has 24 heavy (non-hydrogen) atoms. The van der Waals surface area contributed by atoms with Crippen LogP contribution < -0.4 is 4.90 Å². The number of halogens is 1. The summed E-state index contributed by atoms with van der Waals surface area (Å²) in [4.78, 5) is 36.5. The number of aryl methyl sites for hydroxylation is 1. The zero-order valence-electron chi connectivity index (χ0n) is 13.4. The summed E-state index contributed by atoms with van der Waals surface area (Å²) in [5, 5.41) is 0.516. The summed E-state index contributed by atoms with van der Waals surface area (Å²) in [6.45, 7) is 4.07. The molecule has 1 fully saturated rings. The lowest BCUT2D eigenvalue weighted by atomic mass is 10.1. The van der Waals surface area contributed by atoms with Crippen molar-refractivity contribution in [3.63, 3.8) is 0 Å². The topological polar surface area (TPSA) is 66.4 Å². The molecule has 0 bridgehead atoms. The minimum absolute atomic E-state index is 0.0131. The monoisotopic (exact) mass is 344 g/mol. The van der Waals surface area contributed by atoms with Crippen molar-refractivity contribution in [1.82, 2.24) is 14.9 Å². The zero-order valence-corrected chi connectivity index (χ0v) is 14.2. The van der Waals surface area contributed by atoms with Gasteiger partial charge in [0.25, 0.3) is 5.91 Å². The summed E-state index contributed by atoms with van der Waals surface area (Å²) >= 11 is 6.19. The summed E-state index contributed by atoms with van der Waals surface area (Å²) in [5.41, 5.74) is 1.64. The van der Waals surface area contributed by atoms with Crippen molar-refractivity contribution in [2.24, 2.45) is 0 Å². The molecule has 1 atom stereocenters. The van der Waals surface area contributed by atoms with E-state index in [-0.39, 0.29) is 30.1 Å². The van der Waals surface area contributed by atoms with Crippen LogP contribution in [0.4, 0.5) is 5.69 Å². The van der Waals surface area contributed by atoms with Gasteiger partial charge in [0.15, 0.2) is 0 Å². The van der Waals surface area contributed by atoms with E-state index in [2.05, 4.69) is 9.97 Å². The van der Waals surface area contributed by atoms with Crippen LogP contribution in [0.25, 0.3) is 0 Å². The summed E-state index contributed by atoms with van der Waals surface area (Å²) in [5.74, 6) is -0.461. The quantitative estimate of drug-likeness (QED) is 0.838. The van der Waals surface area contributed by atoms with Crippen molar-refractivity contribution in [3.8, 4) is 0 Å². The highest BCUT2D eigenvalue weighted by Gasteiger charge is 2.34. The zero-order chi connectivity index (χ0) is 17.3. The van der Waals surface area contributed by atoms with E-state index < -0.39 is 0 Å². The van der Waals surface area contributed by atoms with E-state index in [4.69, 9.17) is 11.6 Å². The van der Waals surface area contributed by atoms with Crippen molar-refractivity contribution in [3.05, 3.63) is 53.1 Å². The maximum Gasteiger partial charge on any atom is 0.274 e. The predicted molar refractivity (Wildman–Crippen MR) is 91.1 cm³/mol. The molecule has 2 aromatic rings. The van der Waals surface area contributed by atoms with Gasteiger partial charge in [0.1, 0.15) is 12.2 Å². The third kappa shape index (κ3) is 3.10. The normalized spacial score (nSPS) is 18.0. The number of anilines is 1. The van der Waals surface area contributed by atoms with E-state index in [0.29, 0.717) is 17.3 Å². The maximum absolute atomic E-state index is 12.6. The van der Waals surface area contributed by atoms with Crippen molar-refractivity contribution < 1.29 is 9.59 Å². The molecule has 1 aliphatic rings. The van der Waals surface area contributed by atoms with Crippen LogP contribution in [-0.2, 0) is 4.79 Å². The molecule has 0 unspecified atom stereocenters. The van der Waals surface area contributed by atoms with Gasteiger partial charge < -0.3 is 9.80 Å². The first-order chi connectivity index (χ1) is 11.5. The Balaban J connectivity index is 1.81. The fourth-order valence-electron chi connectivity index (χ4n) is 2.68. The number of aromatic nitrogens is 2. The molecule has 2 heterocycles. The van der Waals surface area contributed by atoms with Crippen molar-refractivity contribution >= 4 is 29.1 Å². The Kier molecular flexibility index (Phi) is 4.49. The number of carbonyl (C=O) groups excluding carboxylic acids is 2. The summed E-state index contributed by atoms with van der Waals surface area (Å²) in [6.07, 6.45) is 2.98. The number of benzene rings is 1. The molecule has 0 radical (unpaired) electrons. The summed E-state index contributed by atoms with van der Waals surface area (Å²) in [6, 6.07) is 7.03. The molecule has 6 nitrogen and oxygen atoms in total. The van der Waals surface area contributed by atoms with Crippen LogP contribution in [-0.4, -0.2) is 45.8 Å². The molecule has 1 saturated heterocycles. The molecule has 0 spiro atoms. The van der Waals surface area contributed by atoms with Crippen LogP contribution in [0, 0.1) is 6.92 Å². The molecule has 0 aliphatic carbocycles. The number of hydrogen-bond acceptors (Lipinski definition) is 4. The Morgan fingerprint density at radius 2 is 2.00 bits per heavy atom. The Hall–Kier alpha value is -2.47. The van der Waals surface area contributed by atoms with E-state index >= 15 is 0 Å². The number of para-hydroxylation sites is 1. The van der Waals surface area contributed by atoms with E-state index in [9.17, 15) is 9.59 Å². The van der Waals surface area contributed by atoms with Gasteiger partial charge >= 0.3 is 0 Å². The predicted octanol–water partition coefficient (Wildman–Crippen LogP) is 2.32. The SMILES string of the molecule is Cc1cnc(C(=O)N2CC(=O)N(c3ccccc3Cl)C[C@@H]2C)cn1. The van der Waals surface area contributed by atoms with E-state index in [1.165, 1.54) is 11.1 Å². The second-order valence-electron chi connectivity index (χ2n) is 5.78. The van der Waals surface area contributed by atoms with Crippen LogP contribution in [0.15, 0.2) is 36.7 Å². The van der Waals surface area contributed by atoms with Gasteiger partial charge in [-0.25, -0.2) is 4.98 Å². The molecule has 1 aliphatic heterocycles.